The quantitative estimate of drug-likeness (QED) is 0.386. The summed E-state index contributed by atoms with van der Waals surface area (Å²) in [4.78, 5) is 22.9. The van der Waals surface area contributed by atoms with Gasteiger partial charge in [-0.15, -0.1) is 0 Å². The van der Waals surface area contributed by atoms with Crippen LogP contribution in [0.25, 0.3) is 0 Å². The lowest BCUT2D eigenvalue weighted by atomic mass is 10.0. The van der Waals surface area contributed by atoms with Gasteiger partial charge in [-0.05, 0) is 36.7 Å². The third-order valence-corrected chi connectivity index (χ3v) is 4.97. The van der Waals surface area contributed by atoms with E-state index in [1.54, 1.807) is 0 Å². The molecule has 24 heavy (non-hydrogen) atoms. The predicted molar refractivity (Wildman–Crippen MR) is 104 cm³/mol. The SMILES string of the molecule is CCSCCCCCCCCCCC(=O)NC(CC(C)C)C(=O)O. The van der Waals surface area contributed by atoms with Gasteiger partial charge in [0.1, 0.15) is 6.04 Å². The first-order valence-electron chi connectivity index (χ1n) is 9.57. The summed E-state index contributed by atoms with van der Waals surface area (Å²) in [5.41, 5.74) is 0. The molecule has 0 aliphatic carbocycles. The fourth-order valence-electron chi connectivity index (χ4n) is 2.65. The van der Waals surface area contributed by atoms with Crippen molar-refractivity contribution in [3.05, 3.63) is 0 Å². The third-order valence-electron chi connectivity index (χ3n) is 3.99. The van der Waals surface area contributed by atoms with E-state index in [1.165, 1.54) is 50.0 Å². The Morgan fingerprint density at radius 3 is 2.00 bits per heavy atom. The van der Waals surface area contributed by atoms with Crippen LogP contribution in [-0.2, 0) is 9.59 Å². The molecule has 2 N–H and O–H groups in total. The predicted octanol–water partition coefficient (Wildman–Crippen LogP) is 4.87. The molecule has 1 atom stereocenters. The van der Waals surface area contributed by atoms with Crippen LogP contribution in [0.1, 0.15) is 85.0 Å². The highest BCUT2D eigenvalue weighted by Gasteiger charge is 2.20. The van der Waals surface area contributed by atoms with E-state index in [0.717, 1.165) is 12.8 Å². The molecule has 0 aliphatic rings. The van der Waals surface area contributed by atoms with Crippen LogP contribution in [0.5, 0.6) is 0 Å². The van der Waals surface area contributed by atoms with Gasteiger partial charge in [0.05, 0.1) is 0 Å². The molecule has 0 aromatic rings. The fraction of sp³-hybridized carbons (Fsp3) is 0.895. The molecule has 0 aromatic carbocycles. The van der Waals surface area contributed by atoms with E-state index >= 15 is 0 Å². The van der Waals surface area contributed by atoms with Crippen molar-refractivity contribution in [1.29, 1.82) is 0 Å². The van der Waals surface area contributed by atoms with Crippen LogP contribution in [0.4, 0.5) is 0 Å². The van der Waals surface area contributed by atoms with Crippen LogP contribution in [0.15, 0.2) is 0 Å². The number of rotatable bonds is 16. The summed E-state index contributed by atoms with van der Waals surface area (Å²) in [7, 11) is 0. The second-order valence-electron chi connectivity index (χ2n) is 6.86. The van der Waals surface area contributed by atoms with E-state index in [4.69, 9.17) is 5.11 Å². The molecule has 0 radical (unpaired) electrons. The van der Waals surface area contributed by atoms with Gasteiger partial charge < -0.3 is 10.4 Å². The molecule has 0 fully saturated rings. The van der Waals surface area contributed by atoms with Crippen molar-refractivity contribution in [2.75, 3.05) is 11.5 Å². The van der Waals surface area contributed by atoms with Crippen molar-refractivity contribution in [3.8, 4) is 0 Å². The van der Waals surface area contributed by atoms with E-state index in [2.05, 4.69) is 12.2 Å². The topological polar surface area (TPSA) is 66.4 Å². The zero-order chi connectivity index (χ0) is 18.2. The Kier molecular flexibility index (Phi) is 15.3. The molecule has 0 spiro atoms. The van der Waals surface area contributed by atoms with Crippen molar-refractivity contribution in [1.82, 2.24) is 5.32 Å². The monoisotopic (exact) mass is 359 g/mol. The Labute approximate surface area is 152 Å². The summed E-state index contributed by atoms with van der Waals surface area (Å²) in [5, 5.41) is 11.8. The highest BCUT2D eigenvalue weighted by atomic mass is 32.2. The van der Waals surface area contributed by atoms with Crippen molar-refractivity contribution in [2.45, 2.75) is 91.0 Å². The lowest BCUT2D eigenvalue weighted by Crippen LogP contribution is -2.41. The van der Waals surface area contributed by atoms with Crippen LogP contribution in [-0.4, -0.2) is 34.5 Å². The Balaban J connectivity index is 3.53. The van der Waals surface area contributed by atoms with Gasteiger partial charge in [0.2, 0.25) is 5.91 Å². The molecular formula is C19H37NO3S. The number of unbranched alkanes of at least 4 members (excludes halogenated alkanes) is 7. The molecule has 0 heterocycles. The first-order valence-corrected chi connectivity index (χ1v) is 10.7. The van der Waals surface area contributed by atoms with E-state index in [-0.39, 0.29) is 11.8 Å². The average Bonchev–Trinajstić information content (AvgIpc) is 2.51. The number of thioether (sulfide) groups is 1. The summed E-state index contributed by atoms with van der Waals surface area (Å²) in [6.07, 6.45) is 10.5. The minimum absolute atomic E-state index is 0.128. The fourth-order valence-corrected chi connectivity index (χ4v) is 3.35. The van der Waals surface area contributed by atoms with E-state index in [1.807, 2.05) is 25.6 Å². The molecule has 4 nitrogen and oxygen atoms in total. The normalized spacial score (nSPS) is 12.3. The molecule has 0 saturated heterocycles. The van der Waals surface area contributed by atoms with Crippen LogP contribution < -0.4 is 5.32 Å². The Bertz CT molecular complexity index is 335. The Morgan fingerprint density at radius 2 is 1.50 bits per heavy atom. The first kappa shape index (κ1) is 23.3. The maximum Gasteiger partial charge on any atom is 0.326 e. The van der Waals surface area contributed by atoms with E-state index in [0.29, 0.717) is 12.8 Å². The molecule has 1 amide bonds. The lowest BCUT2D eigenvalue weighted by Gasteiger charge is -2.16. The second kappa shape index (κ2) is 15.8. The zero-order valence-electron chi connectivity index (χ0n) is 15.8. The molecule has 5 heteroatoms. The molecular weight excluding hydrogens is 322 g/mol. The highest BCUT2D eigenvalue weighted by Crippen LogP contribution is 2.12. The van der Waals surface area contributed by atoms with Crippen LogP contribution >= 0.6 is 11.8 Å². The van der Waals surface area contributed by atoms with Gasteiger partial charge in [-0.25, -0.2) is 4.79 Å². The molecule has 142 valence electrons. The molecule has 0 aromatic heterocycles. The van der Waals surface area contributed by atoms with Crippen molar-refractivity contribution < 1.29 is 14.7 Å². The summed E-state index contributed by atoms with van der Waals surface area (Å²) in [6.45, 7) is 6.13. The number of carbonyl (C=O) groups is 2. The van der Waals surface area contributed by atoms with Crippen LogP contribution in [0, 0.1) is 5.92 Å². The minimum Gasteiger partial charge on any atom is -0.480 e. The number of nitrogens with one attached hydrogen (secondary N) is 1. The average molecular weight is 360 g/mol. The van der Waals surface area contributed by atoms with Crippen molar-refractivity contribution in [2.24, 2.45) is 5.92 Å². The second-order valence-corrected chi connectivity index (χ2v) is 8.26. The molecule has 0 bridgehead atoms. The summed E-state index contributed by atoms with van der Waals surface area (Å²) >= 11 is 2.02. The number of carbonyl (C=O) groups excluding carboxylic acids is 1. The molecule has 0 rings (SSSR count). The number of aliphatic carboxylic acids is 1. The van der Waals surface area contributed by atoms with Gasteiger partial charge in [0.25, 0.3) is 0 Å². The summed E-state index contributed by atoms with van der Waals surface area (Å²) < 4.78 is 0. The van der Waals surface area contributed by atoms with E-state index in [9.17, 15) is 9.59 Å². The lowest BCUT2D eigenvalue weighted by molar-refractivity contribution is -0.142. The molecule has 0 aliphatic heterocycles. The standard InChI is InChI=1S/C19H37NO3S/c1-4-24-14-12-10-8-6-5-7-9-11-13-18(21)20-17(19(22)23)15-16(2)3/h16-17H,4-15H2,1-3H3,(H,20,21)(H,22,23). The van der Waals surface area contributed by atoms with E-state index < -0.39 is 12.0 Å². The third kappa shape index (κ3) is 14.9. The van der Waals surface area contributed by atoms with Gasteiger partial charge in [-0.3, -0.25) is 4.79 Å². The Morgan fingerprint density at radius 1 is 0.958 bits per heavy atom. The van der Waals surface area contributed by atoms with Crippen LogP contribution in [0.3, 0.4) is 0 Å². The van der Waals surface area contributed by atoms with Crippen molar-refractivity contribution in [3.63, 3.8) is 0 Å². The number of carboxylic acids is 1. The summed E-state index contributed by atoms with van der Waals surface area (Å²) in [6, 6.07) is -0.747. The van der Waals surface area contributed by atoms with Gasteiger partial charge in [-0.1, -0.05) is 59.3 Å². The maximum atomic E-state index is 11.8. The molecule has 0 saturated carbocycles. The van der Waals surface area contributed by atoms with Gasteiger partial charge in [0.15, 0.2) is 0 Å². The highest BCUT2D eigenvalue weighted by molar-refractivity contribution is 7.99. The largest absolute Gasteiger partial charge is 0.480 e. The summed E-state index contributed by atoms with van der Waals surface area (Å²) in [5.74, 6) is 1.70. The number of amides is 1. The van der Waals surface area contributed by atoms with Gasteiger partial charge in [0, 0.05) is 6.42 Å². The first-order chi connectivity index (χ1) is 11.5. The number of hydrogen-bond donors (Lipinski definition) is 2. The molecule has 1 unspecified atom stereocenters. The zero-order valence-corrected chi connectivity index (χ0v) is 16.6. The van der Waals surface area contributed by atoms with Crippen LogP contribution in [0.2, 0.25) is 0 Å². The van der Waals surface area contributed by atoms with Gasteiger partial charge >= 0.3 is 5.97 Å². The smallest absolute Gasteiger partial charge is 0.326 e. The van der Waals surface area contributed by atoms with Gasteiger partial charge in [-0.2, -0.15) is 11.8 Å². The number of hydrogen-bond acceptors (Lipinski definition) is 3. The van der Waals surface area contributed by atoms with Crippen molar-refractivity contribution >= 4 is 23.6 Å². The number of carboxylic acid groups (broad SMARTS) is 1. The minimum atomic E-state index is -0.936. The maximum absolute atomic E-state index is 11.8. The Hall–Kier alpha value is -0.710.